The Hall–Kier alpha value is -1.43. The van der Waals surface area contributed by atoms with Crippen LogP contribution in [0.3, 0.4) is 0 Å². The number of ether oxygens (including phenoxy) is 1. The van der Waals surface area contributed by atoms with Gasteiger partial charge in [0.25, 0.3) is 0 Å². The summed E-state index contributed by atoms with van der Waals surface area (Å²) >= 11 is 0. The molecular weight excluding hydrogens is 246 g/mol. The quantitative estimate of drug-likeness (QED) is 0.639. The standard InChI is InChI=1S/C14H21NO4/c1-3-19-14(18)11-6-4-10(5-7-11)13(17)12(16)8-9-15-2/h4-7,12-13,15-17H,3,8-9H2,1-2H3. The smallest absolute Gasteiger partial charge is 0.338 e. The molecule has 0 fully saturated rings. The number of carbonyl (C=O) groups excluding carboxylic acids is 1. The summed E-state index contributed by atoms with van der Waals surface area (Å²) in [4.78, 5) is 11.5. The molecule has 5 heteroatoms. The molecule has 0 aromatic heterocycles. The van der Waals surface area contributed by atoms with Gasteiger partial charge in [-0.3, -0.25) is 0 Å². The third kappa shape index (κ3) is 4.63. The SMILES string of the molecule is CCOC(=O)c1ccc(C(O)C(O)CCNC)cc1. The largest absolute Gasteiger partial charge is 0.462 e. The lowest BCUT2D eigenvalue weighted by Crippen LogP contribution is -2.23. The number of aliphatic hydroxyl groups excluding tert-OH is 2. The van der Waals surface area contributed by atoms with E-state index in [9.17, 15) is 15.0 Å². The van der Waals surface area contributed by atoms with Crippen molar-refractivity contribution in [2.75, 3.05) is 20.2 Å². The van der Waals surface area contributed by atoms with Crippen molar-refractivity contribution in [3.63, 3.8) is 0 Å². The minimum atomic E-state index is -0.954. The minimum Gasteiger partial charge on any atom is -0.462 e. The molecule has 19 heavy (non-hydrogen) atoms. The van der Waals surface area contributed by atoms with Crippen molar-refractivity contribution in [1.29, 1.82) is 0 Å². The molecule has 0 spiro atoms. The number of aliphatic hydroxyl groups is 2. The molecule has 0 heterocycles. The molecule has 5 nitrogen and oxygen atoms in total. The van der Waals surface area contributed by atoms with Crippen molar-refractivity contribution in [1.82, 2.24) is 5.32 Å². The van der Waals surface area contributed by atoms with Crippen molar-refractivity contribution in [2.24, 2.45) is 0 Å². The van der Waals surface area contributed by atoms with Gasteiger partial charge in [0.2, 0.25) is 0 Å². The van der Waals surface area contributed by atoms with E-state index in [0.717, 1.165) is 0 Å². The van der Waals surface area contributed by atoms with E-state index in [-0.39, 0.29) is 5.97 Å². The van der Waals surface area contributed by atoms with Gasteiger partial charge in [0, 0.05) is 0 Å². The molecular formula is C14H21NO4. The van der Waals surface area contributed by atoms with Crippen LogP contribution in [0.4, 0.5) is 0 Å². The highest BCUT2D eigenvalue weighted by atomic mass is 16.5. The summed E-state index contributed by atoms with van der Waals surface area (Å²) in [6.45, 7) is 2.69. The second-order valence-electron chi connectivity index (χ2n) is 4.25. The molecule has 0 aliphatic carbocycles. The molecule has 0 bridgehead atoms. The van der Waals surface area contributed by atoms with Gasteiger partial charge >= 0.3 is 5.97 Å². The maximum atomic E-state index is 11.5. The number of carbonyl (C=O) groups is 1. The van der Waals surface area contributed by atoms with Crippen molar-refractivity contribution >= 4 is 5.97 Å². The fourth-order valence-corrected chi connectivity index (χ4v) is 1.70. The lowest BCUT2D eigenvalue weighted by Gasteiger charge is -2.18. The average molecular weight is 267 g/mol. The number of nitrogens with one attached hydrogen (secondary N) is 1. The molecule has 1 aromatic rings. The molecule has 2 atom stereocenters. The summed E-state index contributed by atoms with van der Waals surface area (Å²) in [5.74, 6) is -0.390. The van der Waals surface area contributed by atoms with E-state index in [1.54, 1.807) is 38.2 Å². The van der Waals surface area contributed by atoms with Crippen LogP contribution < -0.4 is 5.32 Å². The third-order valence-corrected chi connectivity index (χ3v) is 2.82. The van der Waals surface area contributed by atoms with Crippen LogP contribution in [0.5, 0.6) is 0 Å². The normalized spacial score (nSPS) is 13.9. The Balaban J connectivity index is 2.67. The van der Waals surface area contributed by atoms with Crippen molar-refractivity contribution in [3.8, 4) is 0 Å². The van der Waals surface area contributed by atoms with E-state index >= 15 is 0 Å². The lowest BCUT2D eigenvalue weighted by molar-refractivity contribution is 0.0140. The number of hydrogen-bond acceptors (Lipinski definition) is 5. The van der Waals surface area contributed by atoms with Gasteiger partial charge in [-0.1, -0.05) is 12.1 Å². The first-order chi connectivity index (χ1) is 9.10. The van der Waals surface area contributed by atoms with E-state index < -0.39 is 12.2 Å². The van der Waals surface area contributed by atoms with Gasteiger partial charge in [0.05, 0.1) is 18.3 Å². The monoisotopic (exact) mass is 267 g/mol. The second kappa shape index (κ2) is 7.89. The van der Waals surface area contributed by atoms with E-state index in [1.165, 1.54) is 0 Å². The molecule has 0 aliphatic heterocycles. The number of hydrogen-bond donors (Lipinski definition) is 3. The minimum absolute atomic E-state index is 0.325. The summed E-state index contributed by atoms with van der Waals surface area (Å²) in [6.07, 6.45) is -1.33. The predicted octanol–water partition coefficient (Wildman–Crippen LogP) is 0.867. The number of benzene rings is 1. The van der Waals surface area contributed by atoms with E-state index in [1.807, 2.05) is 0 Å². The van der Waals surface area contributed by atoms with Gasteiger partial charge in [-0.05, 0) is 44.6 Å². The molecule has 1 aromatic carbocycles. The maximum Gasteiger partial charge on any atom is 0.338 e. The molecule has 0 amide bonds. The Morgan fingerprint density at radius 3 is 2.47 bits per heavy atom. The third-order valence-electron chi connectivity index (χ3n) is 2.82. The maximum absolute atomic E-state index is 11.5. The van der Waals surface area contributed by atoms with E-state index in [2.05, 4.69) is 5.32 Å². The van der Waals surface area contributed by atoms with Crippen LogP contribution in [-0.2, 0) is 4.74 Å². The van der Waals surface area contributed by atoms with E-state index in [0.29, 0.717) is 30.7 Å². The first kappa shape index (κ1) is 15.6. The highest BCUT2D eigenvalue weighted by molar-refractivity contribution is 5.89. The zero-order valence-corrected chi connectivity index (χ0v) is 11.3. The molecule has 0 radical (unpaired) electrons. The molecule has 0 saturated heterocycles. The number of rotatable bonds is 7. The first-order valence-corrected chi connectivity index (χ1v) is 6.38. The molecule has 0 aliphatic rings. The van der Waals surface area contributed by atoms with Crippen LogP contribution in [0.2, 0.25) is 0 Å². The van der Waals surface area contributed by atoms with Crippen molar-refractivity contribution < 1.29 is 19.7 Å². The molecule has 2 unspecified atom stereocenters. The molecule has 106 valence electrons. The van der Waals surface area contributed by atoms with Crippen LogP contribution in [0, 0.1) is 0 Å². The highest BCUT2D eigenvalue weighted by Crippen LogP contribution is 2.19. The first-order valence-electron chi connectivity index (χ1n) is 6.38. The van der Waals surface area contributed by atoms with Gasteiger partial charge in [-0.15, -0.1) is 0 Å². The van der Waals surface area contributed by atoms with Gasteiger partial charge in [0.15, 0.2) is 0 Å². The van der Waals surface area contributed by atoms with Gasteiger partial charge < -0.3 is 20.3 Å². The van der Waals surface area contributed by atoms with Crippen LogP contribution in [0.25, 0.3) is 0 Å². The van der Waals surface area contributed by atoms with Crippen LogP contribution >= 0.6 is 0 Å². The van der Waals surface area contributed by atoms with Crippen LogP contribution in [0.1, 0.15) is 35.4 Å². The Bertz CT molecular complexity index is 391. The number of esters is 1. The molecule has 0 saturated carbocycles. The van der Waals surface area contributed by atoms with Crippen molar-refractivity contribution in [2.45, 2.75) is 25.6 Å². The topological polar surface area (TPSA) is 78.8 Å². The fraction of sp³-hybridized carbons (Fsp3) is 0.500. The summed E-state index contributed by atoms with van der Waals surface area (Å²) < 4.78 is 4.87. The Labute approximate surface area is 113 Å². The average Bonchev–Trinajstić information content (AvgIpc) is 2.44. The van der Waals surface area contributed by atoms with Crippen LogP contribution in [0.15, 0.2) is 24.3 Å². The lowest BCUT2D eigenvalue weighted by atomic mass is 10.0. The van der Waals surface area contributed by atoms with Crippen molar-refractivity contribution in [3.05, 3.63) is 35.4 Å². The van der Waals surface area contributed by atoms with Gasteiger partial charge in [-0.2, -0.15) is 0 Å². The summed E-state index contributed by atoms with van der Waals surface area (Å²) in [6, 6.07) is 6.42. The summed E-state index contributed by atoms with van der Waals surface area (Å²) in [5, 5.41) is 22.6. The fourth-order valence-electron chi connectivity index (χ4n) is 1.70. The summed E-state index contributed by atoms with van der Waals surface area (Å²) in [7, 11) is 1.78. The Morgan fingerprint density at radius 1 is 1.32 bits per heavy atom. The Kier molecular flexibility index (Phi) is 6.49. The second-order valence-corrected chi connectivity index (χ2v) is 4.25. The highest BCUT2D eigenvalue weighted by Gasteiger charge is 2.18. The predicted molar refractivity (Wildman–Crippen MR) is 71.9 cm³/mol. The van der Waals surface area contributed by atoms with Gasteiger partial charge in [0.1, 0.15) is 6.10 Å². The summed E-state index contributed by atoms with van der Waals surface area (Å²) in [5.41, 5.74) is 1.01. The zero-order chi connectivity index (χ0) is 14.3. The van der Waals surface area contributed by atoms with E-state index in [4.69, 9.17) is 4.74 Å². The zero-order valence-electron chi connectivity index (χ0n) is 11.3. The van der Waals surface area contributed by atoms with Gasteiger partial charge in [-0.25, -0.2) is 4.79 Å². The molecule has 1 rings (SSSR count). The molecule has 3 N–H and O–H groups in total. The Morgan fingerprint density at radius 2 is 1.95 bits per heavy atom. The van der Waals surface area contributed by atoms with Crippen LogP contribution in [-0.4, -0.2) is 42.5 Å².